The zero-order valence-corrected chi connectivity index (χ0v) is 10.6. The molecule has 2 amide bonds. The molecule has 2 aliphatic heterocycles. The standard InChI is InChI=1S/C12H20N2O4/c1-12(2-4-18-5-3-12)8-13-11(17)14-6-9(7-14)10(15)16/h9H,2-8H2,1H3,(H,13,17)(H,15,16). The van der Waals surface area contributed by atoms with Crippen LogP contribution in [-0.4, -0.2) is 54.9 Å². The lowest BCUT2D eigenvalue weighted by atomic mass is 9.82. The van der Waals surface area contributed by atoms with E-state index in [1.165, 1.54) is 0 Å². The third-order valence-electron chi connectivity index (χ3n) is 3.88. The van der Waals surface area contributed by atoms with Crippen molar-refractivity contribution in [1.29, 1.82) is 0 Å². The second-order valence-electron chi connectivity index (χ2n) is 5.52. The van der Waals surface area contributed by atoms with Crippen LogP contribution >= 0.6 is 0 Å². The first-order valence-electron chi connectivity index (χ1n) is 6.33. The Bertz CT molecular complexity index is 333. The Morgan fingerprint density at radius 3 is 2.56 bits per heavy atom. The first kappa shape index (κ1) is 13.1. The number of likely N-dealkylation sites (tertiary alicyclic amines) is 1. The van der Waals surface area contributed by atoms with E-state index < -0.39 is 11.9 Å². The summed E-state index contributed by atoms with van der Waals surface area (Å²) in [4.78, 5) is 23.9. The highest BCUT2D eigenvalue weighted by atomic mass is 16.5. The van der Waals surface area contributed by atoms with Gasteiger partial charge in [0, 0.05) is 32.8 Å². The third-order valence-corrected chi connectivity index (χ3v) is 3.88. The van der Waals surface area contributed by atoms with E-state index in [2.05, 4.69) is 12.2 Å². The summed E-state index contributed by atoms with van der Waals surface area (Å²) in [6.07, 6.45) is 1.90. The summed E-state index contributed by atoms with van der Waals surface area (Å²) < 4.78 is 5.30. The van der Waals surface area contributed by atoms with Crippen molar-refractivity contribution in [3.8, 4) is 0 Å². The number of aliphatic carboxylic acids is 1. The molecule has 0 bridgehead atoms. The second-order valence-corrected chi connectivity index (χ2v) is 5.52. The highest BCUT2D eigenvalue weighted by molar-refractivity contribution is 5.79. The van der Waals surface area contributed by atoms with Crippen molar-refractivity contribution in [2.24, 2.45) is 11.3 Å². The molecule has 2 saturated heterocycles. The highest BCUT2D eigenvalue weighted by Gasteiger charge is 2.36. The monoisotopic (exact) mass is 256 g/mol. The molecule has 0 unspecified atom stereocenters. The molecule has 2 fully saturated rings. The van der Waals surface area contributed by atoms with Crippen molar-refractivity contribution in [3.05, 3.63) is 0 Å². The molecule has 0 radical (unpaired) electrons. The van der Waals surface area contributed by atoms with E-state index in [0.717, 1.165) is 26.1 Å². The second kappa shape index (κ2) is 5.14. The normalized spacial score (nSPS) is 23.3. The first-order valence-corrected chi connectivity index (χ1v) is 6.33. The average molecular weight is 256 g/mol. The molecule has 0 atom stereocenters. The summed E-state index contributed by atoms with van der Waals surface area (Å²) in [5.41, 5.74) is 0.102. The number of carboxylic acid groups (broad SMARTS) is 1. The van der Waals surface area contributed by atoms with E-state index in [-0.39, 0.29) is 11.4 Å². The van der Waals surface area contributed by atoms with E-state index in [1.807, 2.05) is 0 Å². The molecule has 2 heterocycles. The molecule has 6 heteroatoms. The fourth-order valence-electron chi connectivity index (χ4n) is 2.24. The van der Waals surface area contributed by atoms with Crippen molar-refractivity contribution < 1.29 is 19.4 Å². The molecule has 0 spiro atoms. The average Bonchev–Trinajstić information content (AvgIpc) is 2.25. The Hall–Kier alpha value is -1.30. The van der Waals surface area contributed by atoms with Gasteiger partial charge in [0.2, 0.25) is 0 Å². The Morgan fingerprint density at radius 2 is 2.00 bits per heavy atom. The number of carboxylic acids is 1. The van der Waals surface area contributed by atoms with Gasteiger partial charge >= 0.3 is 12.0 Å². The molecule has 18 heavy (non-hydrogen) atoms. The first-order chi connectivity index (χ1) is 8.50. The summed E-state index contributed by atoms with van der Waals surface area (Å²) in [5.74, 6) is -1.22. The van der Waals surface area contributed by atoms with Gasteiger partial charge in [0.1, 0.15) is 0 Å². The fourth-order valence-corrected chi connectivity index (χ4v) is 2.24. The van der Waals surface area contributed by atoms with Crippen LogP contribution in [0.4, 0.5) is 4.79 Å². The van der Waals surface area contributed by atoms with Crippen LogP contribution in [0.15, 0.2) is 0 Å². The molecule has 2 rings (SSSR count). The van der Waals surface area contributed by atoms with E-state index >= 15 is 0 Å². The van der Waals surface area contributed by atoms with Crippen LogP contribution in [0.3, 0.4) is 0 Å². The summed E-state index contributed by atoms with van der Waals surface area (Å²) in [6.45, 7) is 4.91. The maximum Gasteiger partial charge on any atom is 0.317 e. The van der Waals surface area contributed by atoms with Gasteiger partial charge in [-0.1, -0.05) is 6.92 Å². The highest BCUT2D eigenvalue weighted by Crippen LogP contribution is 2.28. The summed E-state index contributed by atoms with van der Waals surface area (Å²) in [5, 5.41) is 11.6. The van der Waals surface area contributed by atoms with Crippen LogP contribution in [0.1, 0.15) is 19.8 Å². The number of ether oxygens (including phenoxy) is 1. The molecule has 2 aliphatic rings. The van der Waals surface area contributed by atoms with Crippen molar-refractivity contribution in [2.45, 2.75) is 19.8 Å². The van der Waals surface area contributed by atoms with Gasteiger partial charge in [-0.15, -0.1) is 0 Å². The molecule has 0 saturated carbocycles. The van der Waals surface area contributed by atoms with Crippen LogP contribution in [0.5, 0.6) is 0 Å². The molecular weight excluding hydrogens is 236 g/mol. The van der Waals surface area contributed by atoms with Gasteiger partial charge in [0.15, 0.2) is 0 Å². The van der Waals surface area contributed by atoms with E-state index in [1.54, 1.807) is 4.90 Å². The van der Waals surface area contributed by atoms with Gasteiger partial charge < -0.3 is 20.1 Å². The molecule has 0 aromatic heterocycles. The Kier molecular flexibility index (Phi) is 3.75. The molecule has 0 aliphatic carbocycles. The Labute approximate surface area is 106 Å². The predicted molar refractivity (Wildman–Crippen MR) is 64.3 cm³/mol. The van der Waals surface area contributed by atoms with Crippen LogP contribution < -0.4 is 5.32 Å². The van der Waals surface area contributed by atoms with E-state index in [0.29, 0.717) is 19.6 Å². The molecule has 0 aromatic carbocycles. The number of hydrogen-bond acceptors (Lipinski definition) is 3. The number of urea groups is 1. The van der Waals surface area contributed by atoms with Gasteiger partial charge in [-0.25, -0.2) is 4.79 Å². The maximum absolute atomic E-state index is 11.8. The summed E-state index contributed by atoms with van der Waals surface area (Å²) >= 11 is 0. The molecule has 0 aromatic rings. The Balaban J connectivity index is 1.71. The third kappa shape index (κ3) is 2.93. The minimum atomic E-state index is -0.824. The zero-order chi connectivity index (χ0) is 13.2. The van der Waals surface area contributed by atoms with E-state index in [4.69, 9.17) is 9.84 Å². The van der Waals surface area contributed by atoms with Crippen LogP contribution in [0.25, 0.3) is 0 Å². The lowest BCUT2D eigenvalue weighted by Crippen LogP contribution is -2.57. The van der Waals surface area contributed by atoms with Crippen molar-refractivity contribution in [3.63, 3.8) is 0 Å². The van der Waals surface area contributed by atoms with Crippen molar-refractivity contribution >= 4 is 12.0 Å². The largest absolute Gasteiger partial charge is 0.481 e. The smallest absolute Gasteiger partial charge is 0.317 e. The predicted octanol–water partition coefficient (Wildman–Crippen LogP) is 0.529. The van der Waals surface area contributed by atoms with Gasteiger partial charge in [-0.3, -0.25) is 4.79 Å². The number of amides is 2. The van der Waals surface area contributed by atoms with Crippen LogP contribution in [0, 0.1) is 11.3 Å². The van der Waals surface area contributed by atoms with Gasteiger partial charge in [0.25, 0.3) is 0 Å². The minimum Gasteiger partial charge on any atom is -0.481 e. The van der Waals surface area contributed by atoms with Gasteiger partial charge in [0.05, 0.1) is 5.92 Å². The Morgan fingerprint density at radius 1 is 1.39 bits per heavy atom. The molecule has 6 nitrogen and oxygen atoms in total. The van der Waals surface area contributed by atoms with Crippen molar-refractivity contribution in [2.75, 3.05) is 32.8 Å². The number of carbonyl (C=O) groups excluding carboxylic acids is 1. The fraction of sp³-hybridized carbons (Fsp3) is 0.833. The number of nitrogens with one attached hydrogen (secondary N) is 1. The van der Waals surface area contributed by atoms with Crippen LogP contribution in [-0.2, 0) is 9.53 Å². The molecule has 2 N–H and O–H groups in total. The quantitative estimate of drug-likeness (QED) is 0.772. The lowest BCUT2D eigenvalue weighted by molar-refractivity contribution is -0.146. The van der Waals surface area contributed by atoms with Gasteiger partial charge in [-0.2, -0.15) is 0 Å². The van der Waals surface area contributed by atoms with E-state index in [9.17, 15) is 9.59 Å². The topological polar surface area (TPSA) is 78.9 Å². The molecular formula is C12H20N2O4. The number of nitrogens with zero attached hydrogens (tertiary/aromatic N) is 1. The summed E-state index contributed by atoms with van der Waals surface area (Å²) in [6, 6.07) is -0.153. The maximum atomic E-state index is 11.8. The number of rotatable bonds is 3. The summed E-state index contributed by atoms with van der Waals surface area (Å²) in [7, 11) is 0. The number of carbonyl (C=O) groups is 2. The number of hydrogen-bond donors (Lipinski definition) is 2. The van der Waals surface area contributed by atoms with Crippen molar-refractivity contribution in [1.82, 2.24) is 10.2 Å². The molecule has 102 valence electrons. The van der Waals surface area contributed by atoms with Crippen LogP contribution in [0.2, 0.25) is 0 Å². The van der Waals surface area contributed by atoms with Gasteiger partial charge in [-0.05, 0) is 18.3 Å². The lowest BCUT2D eigenvalue weighted by Gasteiger charge is -2.38. The zero-order valence-electron chi connectivity index (χ0n) is 10.6. The minimum absolute atomic E-state index is 0.102. The SMILES string of the molecule is CC1(CNC(=O)N2CC(C(=O)O)C2)CCOCC1.